The molecule has 0 radical (unpaired) electrons. The van der Waals surface area contributed by atoms with Crippen LogP contribution in [-0.4, -0.2) is 5.78 Å². The fraction of sp³-hybridized carbons (Fsp3) is 0.750. The first-order valence-electron chi connectivity index (χ1n) is 12.6. The Kier molecular flexibility index (Phi) is 5.14. The summed E-state index contributed by atoms with van der Waals surface area (Å²) in [7, 11) is 0. The van der Waals surface area contributed by atoms with E-state index in [1.807, 2.05) is 6.07 Å². The maximum atomic E-state index is 14.2. The van der Waals surface area contributed by atoms with Crippen molar-refractivity contribution in [1.29, 1.82) is 0 Å². The lowest BCUT2D eigenvalue weighted by Gasteiger charge is -2.61. The second-order valence-corrected chi connectivity index (χ2v) is 11.9. The topological polar surface area (TPSA) is 17.1 Å². The van der Waals surface area contributed by atoms with E-state index in [0.717, 1.165) is 30.1 Å². The first-order valence-corrected chi connectivity index (χ1v) is 12.6. The van der Waals surface area contributed by atoms with E-state index in [1.165, 1.54) is 57.4 Å². The Hall–Kier alpha value is -1.18. The molecule has 1 nitrogen and oxygen atoms in total. The Labute approximate surface area is 182 Å². The summed E-state index contributed by atoms with van der Waals surface area (Å²) >= 11 is 0. The van der Waals surface area contributed by atoms with Crippen molar-refractivity contribution in [2.24, 2.45) is 46.3 Å². The fourth-order valence-corrected chi connectivity index (χ4v) is 8.95. The number of benzene rings is 1. The number of carbonyl (C=O) groups is 1. The molecule has 5 rings (SSSR count). The van der Waals surface area contributed by atoms with E-state index in [4.69, 9.17) is 0 Å². The van der Waals surface area contributed by atoms with Crippen molar-refractivity contribution in [1.82, 2.24) is 0 Å². The Morgan fingerprint density at radius 1 is 0.967 bits per heavy atom. The Morgan fingerprint density at radius 2 is 1.70 bits per heavy atom. The van der Waals surface area contributed by atoms with Crippen LogP contribution in [0.3, 0.4) is 0 Å². The molecule has 0 amide bonds. The van der Waals surface area contributed by atoms with E-state index < -0.39 is 0 Å². The number of rotatable bonds is 3. The van der Waals surface area contributed by atoms with Crippen molar-refractivity contribution < 1.29 is 9.18 Å². The quantitative estimate of drug-likeness (QED) is 0.513. The van der Waals surface area contributed by atoms with Gasteiger partial charge in [-0.3, -0.25) is 4.79 Å². The van der Waals surface area contributed by atoms with Crippen LogP contribution in [0.2, 0.25) is 0 Å². The van der Waals surface area contributed by atoms with Crippen molar-refractivity contribution in [3.63, 3.8) is 0 Å². The van der Waals surface area contributed by atoms with Gasteiger partial charge in [-0.05, 0) is 103 Å². The Bertz CT molecular complexity index is 817. The van der Waals surface area contributed by atoms with Crippen molar-refractivity contribution in [3.8, 4) is 0 Å². The molecule has 0 N–H and O–H groups in total. The van der Waals surface area contributed by atoms with Gasteiger partial charge < -0.3 is 0 Å². The molecule has 0 aliphatic heterocycles. The van der Waals surface area contributed by atoms with Gasteiger partial charge in [0.25, 0.3) is 0 Å². The molecule has 1 aromatic rings. The molecule has 0 bridgehead atoms. The highest BCUT2D eigenvalue weighted by molar-refractivity contribution is 5.84. The van der Waals surface area contributed by atoms with Gasteiger partial charge in [-0.15, -0.1) is 0 Å². The zero-order valence-corrected chi connectivity index (χ0v) is 19.1. The largest absolute Gasteiger partial charge is 0.299 e. The number of ketones is 1. The molecule has 2 heteroatoms. The number of hydrogen-bond acceptors (Lipinski definition) is 1. The number of halogens is 1. The molecule has 7 unspecified atom stereocenters. The summed E-state index contributed by atoms with van der Waals surface area (Å²) < 4.78 is 14.2. The SMILES string of the molecule is CC1CCC2(C)C(CCC3C2CCC2(C)C3CC[C@@H]2C(=O)Cc2ccccc2F)C1. The standard InChI is InChI=1S/C28H39FO/c1-18-12-14-27(2)20(16-18)8-9-21-22-10-11-24(28(22,3)15-13-23(21)27)26(30)17-19-6-4-5-7-25(19)29/h4-7,18,20-24H,8-17H2,1-3H3/t18?,20?,21?,22?,23?,24-,27?,28?/m1/s1. The monoisotopic (exact) mass is 410 g/mol. The maximum absolute atomic E-state index is 14.2. The first-order chi connectivity index (χ1) is 14.3. The summed E-state index contributed by atoms with van der Waals surface area (Å²) in [5.41, 5.74) is 1.24. The molecule has 0 heterocycles. The highest BCUT2D eigenvalue weighted by Crippen LogP contribution is 2.67. The predicted octanol–water partition coefficient (Wildman–Crippen LogP) is 7.23. The van der Waals surface area contributed by atoms with Crippen LogP contribution in [-0.2, 0) is 11.2 Å². The summed E-state index contributed by atoms with van der Waals surface area (Å²) in [4.78, 5) is 13.3. The van der Waals surface area contributed by atoms with Crippen molar-refractivity contribution in [2.75, 3.05) is 0 Å². The summed E-state index contributed by atoms with van der Waals surface area (Å²) in [6, 6.07) is 6.82. The maximum Gasteiger partial charge on any atom is 0.140 e. The van der Waals surface area contributed by atoms with E-state index in [-0.39, 0.29) is 29.4 Å². The first kappa shape index (κ1) is 20.7. The van der Waals surface area contributed by atoms with Gasteiger partial charge in [-0.25, -0.2) is 4.39 Å². The Balaban J connectivity index is 1.35. The molecule has 1 aromatic carbocycles. The average Bonchev–Trinajstić information content (AvgIpc) is 3.07. The lowest BCUT2D eigenvalue weighted by Crippen LogP contribution is -2.53. The third-order valence-corrected chi connectivity index (χ3v) is 10.6. The summed E-state index contributed by atoms with van der Waals surface area (Å²) in [6.07, 6.45) is 12.1. The molecule has 0 spiro atoms. The average molecular weight is 411 g/mol. The van der Waals surface area contributed by atoms with E-state index in [0.29, 0.717) is 16.9 Å². The van der Waals surface area contributed by atoms with Gasteiger partial charge in [0.15, 0.2) is 0 Å². The highest BCUT2D eigenvalue weighted by Gasteiger charge is 2.60. The highest BCUT2D eigenvalue weighted by atomic mass is 19.1. The van der Waals surface area contributed by atoms with Crippen LogP contribution in [0, 0.1) is 52.2 Å². The zero-order chi connectivity index (χ0) is 21.1. The van der Waals surface area contributed by atoms with E-state index in [9.17, 15) is 9.18 Å². The van der Waals surface area contributed by atoms with Gasteiger partial charge in [0.2, 0.25) is 0 Å². The van der Waals surface area contributed by atoms with E-state index in [2.05, 4.69) is 20.8 Å². The summed E-state index contributed by atoms with van der Waals surface area (Å²) in [6.45, 7) is 7.49. The van der Waals surface area contributed by atoms with Gasteiger partial charge in [0, 0.05) is 12.3 Å². The third kappa shape index (κ3) is 3.11. The molecule has 4 saturated carbocycles. The number of carbonyl (C=O) groups excluding carboxylic acids is 1. The van der Waals surface area contributed by atoms with E-state index in [1.54, 1.807) is 12.1 Å². The zero-order valence-electron chi connectivity index (χ0n) is 19.1. The summed E-state index contributed by atoms with van der Waals surface area (Å²) in [5, 5.41) is 0. The van der Waals surface area contributed by atoms with Crippen LogP contribution >= 0.6 is 0 Å². The van der Waals surface area contributed by atoms with Crippen LogP contribution in [0.25, 0.3) is 0 Å². The van der Waals surface area contributed by atoms with Gasteiger partial charge in [-0.1, -0.05) is 45.4 Å². The molecule has 0 aromatic heterocycles. The molecule has 4 aliphatic carbocycles. The van der Waals surface area contributed by atoms with E-state index >= 15 is 0 Å². The lowest BCUT2D eigenvalue weighted by molar-refractivity contribution is -0.136. The van der Waals surface area contributed by atoms with Crippen LogP contribution in [0.15, 0.2) is 24.3 Å². The lowest BCUT2D eigenvalue weighted by atomic mass is 9.44. The number of fused-ring (bicyclic) bond motifs is 5. The minimum Gasteiger partial charge on any atom is -0.299 e. The van der Waals surface area contributed by atoms with Crippen molar-refractivity contribution >= 4 is 5.78 Å². The third-order valence-electron chi connectivity index (χ3n) is 10.6. The van der Waals surface area contributed by atoms with Crippen molar-refractivity contribution in [3.05, 3.63) is 35.6 Å². The van der Waals surface area contributed by atoms with Crippen molar-refractivity contribution in [2.45, 2.75) is 85.0 Å². The van der Waals surface area contributed by atoms with Crippen LogP contribution < -0.4 is 0 Å². The number of Topliss-reactive ketones (excluding diaryl/α,β-unsaturated/α-hetero) is 1. The van der Waals surface area contributed by atoms with Crippen LogP contribution in [0.4, 0.5) is 4.39 Å². The second-order valence-electron chi connectivity index (χ2n) is 11.9. The van der Waals surface area contributed by atoms with Crippen LogP contribution in [0.1, 0.15) is 84.1 Å². The van der Waals surface area contributed by atoms with Gasteiger partial charge in [-0.2, -0.15) is 0 Å². The minimum atomic E-state index is -0.230. The second kappa shape index (κ2) is 7.45. The minimum absolute atomic E-state index is 0.125. The summed E-state index contributed by atoms with van der Waals surface area (Å²) in [5.74, 6) is 4.38. The fourth-order valence-electron chi connectivity index (χ4n) is 8.95. The molecular weight excluding hydrogens is 371 g/mol. The smallest absolute Gasteiger partial charge is 0.140 e. The number of hydrogen-bond donors (Lipinski definition) is 0. The molecule has 4 aliphatic rings. The van der Waals surface area contributed by atoms with Gasteiger partial charge in [0.1, 0.15) is 11.6 Å². The molecular formula is C28H39FO. The van der Waals surface area contributed by atoms with Gasteiger partial charge >= 0.3 is 0 Å². The molecule has 8 atom stereocenters. The molecule has 0 saturated heterocycles. The van der Waals surface area contributed by atoms with Crippen LogP contribution in [0.5, 0.6) is 0 Å². The molecule has 30 heavy (non-hydrogen) atoms. The molecule has 4 fully saturated rings. The normalized spacial score (nSPS) is 45.3. The molecule has 164 valence electrons. The predicted molar refractivity (Wildman–Crippen MR) is 119 cm³/mol. The Morgan fingerprint density at radius 3 is 2.50 bits per heavy atom. The van der Waals surface area contributed by atoms with Gasteiger partial charge in [0.05, 0.1) is 0 Å².